The molecule has 1 aliphatic rings. The molecule has 0 N–H and O–H groups in total. The Kier molecular flexibility index (Phi) is 2.61. The average molecular weight is 271 g/mol. The van der Waals surface area contributed by atoms with Crippen molar-refractivity contribution in [3.63, 3.8) is 0 Å². The Morgan fingerprint density at radius 3 is 2.62 bits per heavy atom. The van der Waals surface area contributed by atoms with E-state index in [2.05, 4.69) is 78.8 Å². The van der Waals surface area contributed by atoms with Gasteiger partial charge in [0.1, 0.15) is 0 Å². The fourth-order valence-corrected chi connectivity index (χ4v) is 3.19. The Bertz CT molecular complexity index is 879. The molecule has 0 spiro atoms. The molecule has 0 amide bonds. The molecule has 4 rings (SSSR count). The number of hydrogen-bond acceptors (Lipinski definition) is 0. The van der Waals surface area contributed by atoms with Gasteiger partial charge in [0.15, 0.2) is 0 Å². The number of aromatic nitrogens is 1. The summed E-state index contributed by atoms with van der Waals surface area (Å²) in [6.07, 6.45) is 5.27. The number of aryl methyl sites for hydroxylation is 1. The zero-order chi connectivity index (χ0) is 14.4. The number of nitrogens with zero attached hydrogens (tertiary/aromatic N) is 1. The molecule has 1 heteroatoms. The van der Waals surface area contributed by atoms with Crippen LogP contribution in [0.15, 0.2) is 66.8 Å². The van der Waals surface area contributed by atoms with Crippen LogP contribution >= 0.6 is 0 Å². The third kappa shape index (κ3) is 1.85. The lowest BCUT2D eigenvalue weighted by atomic mass is 9.97. The monoisotopic (exact) mass is 271 g/mol. The summed E-state index contributed by atoms with van der Waals surface area (Å²) in [5, 5.41) is 1.35. The molecule has 2 aromatic carbocycles. The van der Waals surface area contributed by atoms with Gasteiger partial charge in [-0.3, -0.25) is 0 Å². The molecular weight excluding hydrogens is 254 g/mol. The first-order chi connectivity index (χ1) is 10.2. The van der Waals surface area contributed by atoms with Crippen molar-refractivity contribution in [2.75, 3.05) is 0 Å². The smallest absolute Gasteiger partial charge is 0.0537 e. The zero-order valence-corrected chi connectivity index (χ0v) is 12.1. The third-order valence-corrected chi connectivity index (χ3v) is 4.16. The minimum atomic E-state index is 0.936. The van der Waals surface area contributed by atoms with Crippen LogP contribution in [0.1, 0.15) is 16.8 Å². The number of fused-ring (bicyclic) bond motifs is 3. The number of para-hydroxylation sites is 1. The van der Waals surface area contributed by atoms with E-state index in [9.17, 15) is 0 Å². The van der Waals surface area contributed by atoms with Gasteiger partial charge in [0.25, 0.3) is 0 Å². The first kappa shape index (κ1) is 12.2. The molecule has 1 heterocycles. The maximum atomic E-state index is 4.13. The lowest BCUT2D eigenvalue weighted by Gasteiger charge is -2.12. The van der Waals surface area contributed by atoms with E-state index in [1.807, 2.05) is 0 Å². The molecule has 21 heavy (non-hydrogen) atoms. The number of allylic oxidation sites excluding steroid dienone is 2. The van der Waals surface area contributed by atoms with Crippen LogP contribution in [0.3, 0.4) is 0 Å². The highest BCUT2D eigenvalue weighted by Gasteiger charge is 2.19. The van der Waals surface area contributed by atoms with E-state index >= 15 is 0 Å². The Labute approximate surface area is 124 Å². The number of benzene rings is 2. The highest BCUT2D eigenvalue weighted by molar-refractivity contribution is 5.92. The molecule has 0 aliphatic heterocycles. The van der Waals surface area contributed by atoms with Crippen LogP contribution in [0, 0.1) is 6.92 Å². The van der Waals surface area contributed by atoms with Crippen molar-refractivity contribution >= 4 is 17.0 Å². The van der Waals surface area contributed by atoms with Gasteiger partial charge < -0.3 is 4.57 Å². The zero-order valence-electron chi connectivity index (χ0n) is 12.1. The third-order valence-electron chi connectivity index (χ3n) is 4.16. The van der Waals surface area contributed by atoms with E-state index < -0.39 is 0 Å². The van der Waals surface area contributed by atoms with E-state index in [1.54, 1.807) is 0 Å². The number of rotatable bonds is 1. The summed E-state index contributed by atoms with van der Waals surface area (Å²) in [6.45, 7) is 6.28. The molecule has 0 radical (unpaired) electrons. The summed E-state index contributed by atoms with van der Waals surface area (Å²) >= 11 is 0. The van der Waals surface area contributed by atoms with Gasteiger partial charge in [-0.15, -0.1) is 0 Å². The highest BCUT2D eigenvalue weighted by atomic mass is 15.0. The first-order valence-corrected chi connectivity index (χ1v) is 7.29. The molecule has 1 aliphatic carbocycles. The van der Waals surface area contributed by atoms with Gasteiger partial charge in [0.05, 0.1) is 11.2 Å². The molecule has 1 nitrogen and oxygen atoms in total. The predicted octanol–water partition coefficient (Wildman–Crippen LogP) is 5.06. The minimum Gasteiger partial charge on any atom is -0.310 e. The molecule has 0 saturated carbocycles. The normalized spacial score (nSPS) is 13.7. The second-order valence-corrected chi connectivity index (χ2v) is 5.72. The molecule has 0 fully saturated rings. The predicted molar refractivity (Wildman–Crippen MR) is 89.9 cm³/mol. The van der Waals surface area contributed by atoms with Crippen LogP contribution in [0.5, 0.6) is 0 Å². The van der Waals surface area contributed by atoms with Gasteiger partial charge in [-0.2, -0.15) is 0 Å². The molecule has 3 aromatic rings. The SMILES string of the molecule is C=C1C=Cc2c(c3cc(C)ccc3n2-c2ccccc2)C1. The second-order valence-electron chi connectivity index (χ2n) is 5.72. The summed E-state index contributed by atoms with van der Waals surface area (Å²) in [6, 6.07) is 17.3. The van der Waals surface area contributed by atoms with Gasteiger partial charge in [0.2, 0.25) is 0 Å². The summed E-state index contributed by atoms with van der Waals surface area (Å²) in [4.78, 5) is 0. The highest BCUT2D eigenvalue weighted by Crippen LogP contribution is 2.35. The molecule has 0 saturated heterocycles. The molecule has 1 aromatic heterocycles. The fourth-order valence-electron chi connectivity index (χ4n) is 3.19. The Morgan fingerprint density at radius 2 is 1.81 bits per heavy atom. The van der Waals surface area contributed by atoms with Crippen molar-refractivity contribution in [3.8, 4) is 5.69 Å². The van der Waals surface area contributed by atoms with E-state index in [1.165, 1.54) is 39.0 Å². The average Bonchev–Trinajstić information content (AvgIpc) is 2.81. The number of hydrogen-bond donors (Lipinski definition) is 0. The minimum absolute atomic E-state index is 0.936. The van der Waals surface area contributed by atoms with Crippen molar-refractivity contribution in [3.05, 3.63) is 83.6 Å². The van der Waals surface area contributed by atoms with Crippen LogP contribution in [0.25, 0.3) is 22.7 Å². The Balaban J connectivity index is 2.13. The van der Waals surface area contributed by atoms with E-state index in [-0.39, 0.29) is 0 Å². The Hall–Kier alpha value is -2.54. The summed E-state index contributed by atoms with van der Waals surface area (Å²) < 4.78 is 2.35. The maximum absolute atomic E-state index is 4.13. The summed E-state index contributed by atoms with van der Waals surface area (Å²) in [5.41, 5.74) is 7.65. The molecule has 0 unspecified atom stereocenters. The van der Waals surface area contributed by atoms with Gasteiger partial charge in [0, 0.05) is 11.1 Å². The van der Waals surface area contributed by atoms with Crippen molar-refractivity contribution in [2.24, 2.45) is 0 Å². The van der Waals surface area contributed by atoms with Crippen molar-refractivity contribution in [1.29, 1.82) is 0 Å². The first-order valence-electron chi connectivity index (χ1n) is 7.29. The standard InChI is InChI=1S/C20H17N/c1-14-8-10-19-17(12-14)18-13-15(2)9-11-20(18)21(19)16-6-4-3-5-7-16/h3-11,13H,1,12H2,2H3. The summed E-state index contributed by atoms with van der Waals surface area (Å²) in [7, 11) is 0. The van der Waals surface area contributed by atoms with Crippen LogP contribution in [0.4, 0.5) is 0 Å². The topological polar surface area (TPSA) is 4.93 Å². The van der Waals surface area contributed by atoms with Gasteiger partial charge in [-0.1, -0.05) is 48.1 Å². The van der Waals surface area contributed by atoms with Crippen molar-refractivity contribution < 1.29 is 0 Å². The van der Waals surface area contributed by atoms with Crippen LogP contribution in [-0.2, 0) is 6.42 Å². The Morgan fingerprint density at radius 1 is 1.00 bits per heavy atom. The van der Waals surface area contributed by atoms with Crippen LogP contribution in [0.2, 0.25) is 0 Å². The molecular formula is C20H17N. The van der Waals surface area contributed by atoms with E-state index in [0.29, 0.717) is 0 Å². The molecule has 0 atom stereocenters. The largest absolute Gasteiger partial charge is 0.310 e. The summed E-state index contributed by atoms with van der Waals surface area (Å²) in [5.74, 6) is 0. The maximum Gasteiger partial charge on any atom is 0.0537 e. The van der Waals surface area contributed by atoms with Gasteiger partial charge >= 0.3 is 0 Å². The van der Waals surface area contributed by atoms with E-state index in [0.717, 1.165) is 6.42 Å². The van der Waals surface area contributed by atoms with Crippen molar-refractivity contribution in [2.45, 2.75) is 13.3 Å². The fraction of sp³-hybridized carbons (Fsp3) is 0.100. The van der Waals surface area contributed by atoms with Gasteiger partial charge in [-0.05, 0) is 49.2 Å². The second kappa shape index (κ2) is 4.49. The molecule has 102 valence electrons. The van der Waals surface area contributed by atoms with Gasteiger partial charge in [-0.25, -0.2) is 0 Å². The quantitative estimate of drug-likeness (QED) is 0.582. The lowest BCUT2D eigenvalue weighted by Crippen LogP contribution is -2.00. The van der Waals surface area contributed by atoms with Crippen molar-refractivity contribution in [1.82, 2.24) is 4.57 Å². The van der Waals surface area contributed by atoms with E-state index in [4.69, 9.17) is 0 Å². The molecule has 0 bridgehead atoms. The van der Waals surface area contributed by atoms with Crippen LogP contribution < -0.4 is 0 Å². The van der Waals surface area contributed by atoms with Crippen LogP contribution in [-0.4, -0.2) is 4.57 Å². The lowest BCUT2D eigenvalue weighted by molar-refractivity contribution is 1.07.